The molecule has 2 aromatic rings. The topological polar surface area (TPSA) is 41.1 Å². The number of nitrogens with one attached hydrogen (secondary N) is 2. The fraction of sp³-hybridized carbons (Fsp3) is 0.0714. The summed E-state index contributed by atoms with van der Waals surface area (Å²) in [5.41, 5.74) is 9.47. The SMILES string of the molecule is O=C1NNCc2ccc(-c3ccccc3)cc21. The maximum Gasteiger partial charge on any atom is 0.265 e. The van der Waals surface area contributed by atoms with Gasteiger partial charge in [0.25, 0.3) is 5.91 Å². The Labute approximate surface area is 99.4 Å². The number of hydrogen-bond acceptors (Lipinski definition) is 2. The van der Waals surface area contributed by atoms with Gasteiger partial charge >= 0.3 is 0 Å². The minimum atomic E-state index is -0.0657. The van der Waals surface area contributed by atoms with Gasteiger partial charge in [-0.15, -0.1) is 0 Å². The molecule has 17 heavy (non-hydrogen) atoms. The number of hydrazine groups is 1. The third kappa shape index (κ3) is 1.81. The first-order chi connectivity index (χ1) is 8.34. The lowest BCUT2D eigenvalue weighted by molar-refractivity contribution is 0.0920. The van der Waals surface area contributed by atoms with Crippen LogP contribution in [0, 0.1) is 0 Å². The first kappa shape index (κ1) is 10.1. The molecule has 0 unspecified atom stereocenters. The van der Waals surface area contributed by atoms with Gasteiger partial charge < -0.3 is 0 Å². The summed E-state index contributed by atoms with van der Waals surface area (Å²) in [5.74, 6) is -0.0657. The largest absolute Gasteiger partial charge is 0.287 e. The molecule has 0 fully saturated rings. The normalized spacial score (nSPS) is 14.0. The van der Waals surface area contributed by atoms with Crippen molar-refractivity contribution in [3.63, 3.8) is 0 Å². The summed E-state index contributed by atoms with van der Waals surface area (Å²) in [6.45, 7) is 0.677. The van der Waals surface area contributed by atoms with E-state index >= 15 is 0 Å². The van der Waals surface area contributed by atoms with Crippen LogP contribution in [0.5, 0.6) is 0 Å². The molecule has 84 valence electrons. The zero-order valence-corrected chi connectivity index (χ0v) is 9.23. The van der Waals surface area contributed by atoms with E-state index in [9.17, 15) is 4.79 Å². The molecule has 1 aliphatic rings. The average molecular weight is 224 g/mol. The average Bonchev–Trinajstić information content (AvgIpc) is 2.40. The Morgan fingerprint density at radius 3 is 2.59 bits per heavy atom. The van der Waals surface area contributed by atoms with E-state index in [1.54, 1.807) is 0 Å². The Morgan fingerprint density at radius 1 is 0.941 bits per heavy atom. The van der Waals surface area contributed by atoms with Crippen LogP contribution in [0.15, 0.2) is 48.5 Å². The number of amides is 1. The Bertz CT molecular complexity index is 564. The van der Waals surface area contributed by atoms with Crippen LogP contribution >= 0.6 is 0 Å². The van der Waals surface area contributed by atoms with Crippen LogP contribution in [-0.4, -0.2) is 5.91 Å². The Balaban J connectivity index is 2.09. The van der Waals surface area contributed by atoms with Gasteiger partial charge in [0, 0.05) is 12.1 Å². The second-order valence-electron chi connectivity index (χ2n) is 4.05. The maximum atomic E-state index is 11.7. The summed E-state index contributed by atoms with van der Waals surface area (Å²) >= 11 is 0. The summed E-state index contributed by atoms with van der Waals surface area (Å²) in [4.78, 5) is 11.7. The molecule has 3 rings (SSSR count). The van der Waals surface area contributed by atoms with Crippen molar-refractivity contribution in [3.8, 4) is 11.1 Å². The number of benzene rings is 2. The van der Waals surface area contributed by atoms with Crippen molar-refractivity contribution in [1.82, 2.24) is 10.9 Å². The number of carbonyl (C=O) groups is 1. The zero-order valence-electron chi connectivity index (χ0n) is 9.23. The van der Waals surface area contributed by atoms with Gasteiger partial charge in [-0.3, -0.25) is 10.2 Å². The standard InChI is InChI=1S/C14H12N2O/c17-14-13-8-11(10-4-2-1-3-5-10)6-7-12(13)9-15-16-14/h1-8,15H,9H2,(H,16,17). The van der Waals surface area contributed by atoms with Crippen LogP contribution in [0.3, 0.4) is 0 Å². The fourth-order valence-electron chi connectivity index (χ4n) is 2.04. The first-order valence-electron chi connectivity index (χ1n) is 5.56. The van der Waals surface area contributed by atoms with Gasteiger partial charge in [0.1, 0.15) is 0 Å². The summed E-state index contributed by atoms with van der Waals surface area (Å²) in [5, 5.41) is 0. The predicted molar refractivity (Wildman–Crippen MR) is 66.2 cm³/mol. The molecule has 0 saturated heterocycles. The highest BCUT2D eigenvalue weighted by Crippen LogP contribution is 2.23. The van der Waals surface area contributed by atoms with Gasteiger partial charge in [0.05, 0.1) is 0 Å². The van der Waals surface area contributed by atoms with Gasteiger partial charge in [-0.1, -0.05) is 42.5 Å². The van der Waals surface area contributed by atoms with Crippen molar-refractivity contribution in [3.05, 3.63) is 59.7 Å². The Morgan fingerprint density at radius 2 is 1.76 bits per heavy atom. The van der Waals surface area contributed by atoms with Crippen molar-refractivity contribution >= 4 is 5.91 Å². The molecule has 1 aliphatic heterocycles. The number of hydrogen-bond donors (Lipinski definition) is 2. The molecule has 2 aromatic carbocycles. The quantitative estimate of drug-likeness (QED) is 0.778. The third-order valence-corrected chi connectivity index (χ3v) is 2.94. The van der Waals surface area contributed by atoms with Crippen molar-refractivity contribution < 1.29 is 4.79 Å². The minimum Gasteiger partial charge on any atom is -0.287 e. The number of fused-ring (bicyclic) bond motifs is 1. The lowest BCUT2D eigenvalue weighted by atomic mass is 9.98. The summed E-state index contributed by atoms with van der Waals surface area (Å²) in [7, 11) is 0. The second kappa shape index (κ2) is 4.03. The molecule has 1 heterocycles. The second-order valence-corrected chi connectivity index (χ2v) is 4.05. The van der Waals surface area contributed by atoms with Crippen LogP contribution in [0.2, 0.25) is 0 Å². The van der Waals surface area contributed by atoms with Crippen molar-refractivity contribution in [2.45, 2.75) is 6.54 Å². The van der Waals surface area contributed by atoms with Crippen LogP contribution in [0.25, 0.3) is 11.1 Å². The maximum absolute atomic E-state index is 11.7. The summed E-state index contributed by atoms with van der Waals surface area (Å²) < 4.78 is 0. The van der Waals surface area contributed by atoms with Crippen molar-refractivity contribution in [2.75, 3.05) is 0 Å². The van der Waals surface area contributed by atoms with Crippen molar-refractivity contribution in [2.24, 2.45) is 0 Å². The van der Waals surface area contributed by atoms with Gasteiger partial charge in [0.2, 0.25) is 0 Å². The van der Waals surface area contributed by atoms with E-state index in [-0.39, 0.29) is 5.91 Å². The lowest BCUT2D eigenvalue weighted by Gasteiger charge is -2.18. The van der Waals surface area contributed by atoms with E-state index < -0.39 is 0 Å². The fourth-order valence-corrected chi connectivity index (χ4v) is 2.04. The van der Waals surface area contributed by atoms with Gasteiger partial charge in [-0.05, 0) is 22.8 Å². The molecule has 3 nitrogen and oxygen atoms in total. The monoisotopic (exact) mass is 224 g/mol. The number of rotatable bonds is 1. The number of carbonyl (C=O) groups excluding carboxylic acids is 1. The zero-order chi connectivity index (χ0) is 11.7. The van der Waals surface area contributed by atoms with E-state index in [4.69, 9.17) is 0 Å². The molecule has 0 radical (unpaired) electrons. The van der Waals surface area contributed by atoms with Gasteiger partial charge in [0.15, 0.2) is 0 Å². The van der Waals surface area contributed by atoms with E-state index in [2.05, 4.69) is 16.9 Å². The highest BCUT2D eigenvalue weighted by atomic mass is 16.2. The smallest absolute Gasteiger partial charge is 0.265 e. The first-order valence-corrected chi connectivity index (χ1v) is 5.56. The van der Waals surface area contributed by atoms with E-state index in [0.717, 1.165) is 22.3 Å². The van der Waals surface area contributed by atoms with E-state index in [1.165, 1.54) is 0 Å². The molecule has 0 atom stereocenters. The van der Waals surface area contributed by atoms with E-state index in [0.29, 0.717) is 6.54 Å². The molecule has 0 aliphatic carbocycles. The van der Waals surface area contributed by atoms with E-state index in [1.807, 2.05) is 42.5 Å². The van der Waals surface area contributed by atoms with Crippen molar-refractivity contribution in [1.29, 1.82) is 0 Å². The third-order valence-electron chi connectivity index (χ3n) is 2.94. The lowest BCUT2D eigenvalue weighted by Crippen LogP contribution is -2.41. The Kier molecular flexibility index (Phi) is 2.38. The van der Waals surface area contributed by atoms with Crippen LogP contribution in [-0.2, 0) is 6.54 Å². The molecule has 0 aromatic heterocycles. The summed E-state index contributed by atoms with van der Waals surface area (Å²) in [6.07, 6.45) is 0. The molecule has 0 spiro atoms. The summed E-state index contributed by atoms with van der Waals surface area (Å²) in [6, 6.07) is 16.1. The van der Waals surface area contributed by atoms with Crippen LogP contribution in [0.1, 0.15) is 15.9 Å². The highest BCUT2D eigenvalue weighted by molar-refractivity contribution is 5.97. The minimum absolute atomic E-state index is 0.0657. The molecule has 1 amide bonds. The molecular formula is C14H12N2O. The van der Waals surface area contributed by atoms with Gasteiger partial charge in [-0.2, -0.15) is 0 Å². The van der Waals surface area contributed by atoms with Crippen LogP contribution in [0.4, 0.5) is 0 Å². The molecule has 0 bridgehead atoms. The van der Waals surface area contributed by atoms with Crippen LogP contribution < -0.4 is 10.9 Å². The predicted octanol–water partition coefficient (Wildman–Crippen LogP) is 2.10. The molecule has 2 N–H and O–H groups in total. The highest BCUT2D eigenvalue weighted by Gasteiger charge is 2.16. The molecule has 3 heteroatoms. The van der Waals surface area contributed by atoms with Gasteiger partial charge in [-0.25, -0.2) is 5.43 Å². The molecular weight excluding hydrogens is 212 g/mol. The molecule has 0 saturated carbocycles. The Hall–Kier alpha value is -2.13.